The van der Waals surface area contributed by atoms with Gasteiger partial charge in [0.25, 0.3) is 0 Å². The van der Waals surface area contributed by atoms with Gasteiger partial charge in [0.2, 0.25) is 0 Å². The van der Waals surface area contributed by atoms with Crippen molar-refractivity contribution in [2.75, 3.05) is 0 Å². The fourth-order valence-corrected chi connectivity index (χ4v) is 4.84. The van der Waals surface area contributed by atoms with Crippen LogP contribution in [0.3, 0.4) is 0 Å². The van der Waals surface area contributed by atoms with Crippen molar-refractivity contribution in [3.63, 3.8) is 0 Å². The zero-order valence-corrected chi connectivity index (χ0v) is 17.7. The molecule has 27 heavy (non-hydrogen) atoms. The van der Waals surface area contributed by atoms with E-state index in [1.165, 1.54) is 5.56 Å². The number of benzene rings is 1. The van der Waals surface area contributed by atoms with Crippen molar-refractivity contribution < 1.29 is 14.3 Å². The molecule has 0 aromatic heterocycles. The lowest BCUT2D eigenvalue weighted by Gasteiger charge is -2.35. The third-order valence-electron chi connectivity index (χ3n) is 6.48. The maximum absolute atomic E-state index is 13.5. The highest BCUT2D eigenvalue weighted by Crippen LogP contribution is 2.51. The molecule has 2 aliphatic carbocycles. The van der Waals surface area contributed by atoms with Gasteiger partial charge in [-0.2, -0.15) is 0 Å². The molecule has 0 spiro atoms. The maximum Gasteiger partial charge on any atom is 0.313 e. The molecule has 4 unspecified atom stereocenters. The van der Waals surface area contributed by atoms with Crippen LogP contribution in [0.1, 0.15) is 62.8 Å². The zero-order chi connectivity index (χ0) is 20.0. The predicted octanol–water partition coefficient (Wildman–Crippen LogP) is 5.40. The SMILES string of the molecule is Cc1cc(C)c(C2=C(OC(=O)C(C)C)C3CC(C)C(C)CC3C2=O)c(C)c1. The fourth-order valence-electron chi connectivity index (χ4n) is 4.84. The summed E-state index contributed by atoms with van der Waals surface area (Å²) < 4.78 is 5.92. The number of esters is 1. The molecule has 146 valence electrons. The van der Waals surface area contributed by atoms with Gasteiger partial charge < -0.3 is 4.74 Å². The van der Waals surface area contributed by atoms with E-state index in [0.29, 0.717) is 23.2 Å². The van der Waals surface area contributed by atoms with E-state index in [-0.39, 0.29) is 29.5 Å². The first-order chi connectivity index (χ1) is 12.6. The van der Waals surface area contributed by atoms with Crippen molar-refractivity contribution in [3.05, 3.63) is 40.1 Å². The van der Waals surface area contributed by atoms with Crippen LogP contribution in [-0.4, -0.2) is 11.8 Å². The van der Waals surface area contributed by atoms with Crippen molar-refractivity contribution >= 4 is 17.3 Å². The average Bonchev–Trinajstić information content (AvgIpc) is 2.80. The Morgan fingerprint density at radius 1 is 1.00 bits per heavy atom. The van der Waals surface area contributed by atoms with Crippen molar-refractivity contribution in [1.82, 2.24) is 0 Å². The van der Waals surface area contributed by atoms with Gasteiger partial charge in [-0.05, 0) is 62.1 Å². The largest absolute Gasteiger partial charge is 0.430 e. The third-order valence-corrected chi connectivity index (χ3v) is 6.48. The van der Waals surface area contributed by atoms with Gasteiger partial charge in [0.05, 0.1) is 11.5 Å². The fraction of sp³-hybridized carbons (Fsp3) is 0.583. The lowest BCUT2D eigenvalue weighted by molar-refractivity contribution is -0.144. The van der Waals surface area contributed by atoms with Gasteiger partial charge in [0, 0.05) is 11.8 Å². The van der Waals surface area contributed by atoms with Gasteiger partial charge in [0.1, 0.15) is 5.76 Å². The number of carbonyl (C=O) groups is 2. The molecule has 4 atom stereocenters. The minimum absolute atomic E-state index is 0.0292. The van der Waals surface area contributed by atoms with E-state index in [4.69, 9.17) is 4.74 Å². The molecular weight excluding hydrogens is 336 g/mol. The number of aryl methyl sites for hydroxylation is 3. The molecule has 0 heterocycles. The van der Waals surface area contributed by atoms with Crippen molar-refractivity contribution in [2.45, 2.75) is 61.3 Å². The number of carbonyl (C=O) groups excluding carboxylic acids is 2. The summed E-state index contributed by atoms with van der Waals surface area (Å²) in [5, 5.41) is 0. The molecular formula is C24H32O3. The molecule has 3 nitrogen and oxygen atoms in total. The number of ketones is 1. The van der Waals surface area contributed by atoms with E-state index in [2.05, 4.69) is 32.9 Å². The van der Waals surface area contributed by atoms with Crippen LogP contribution in [0.2, 0.25) is 0 Å². The van der Waals surface area contributed by atoms with Crippen molar-refractivity contribution in [1.29, 1.82) is 0 Å². The summed E-state index contributed by atoms with van der Waals surface area (Å²) in [6, 6.07) is 4.22. The van der Waals surface area contributed by atoms with Crippen LogP contribution in [-0.2, 0) is 14.3 Å². The van der Waals surface area contributed by atoms with Crippen LogP contribution in [0.4, 0.5) is 0 Å². The predicted molar refractivity (Wildman–Crippen MR) is 108 cm³/mol. The number of Topliss-reactive ketones (excluding diaryl/α,β-unsaturated/α-hetero) is 1. The summed E-state index contributed by atoms with van der Waals surface area (Å²) in [7, 11) is 0. The Bertz CT molecular complexity index is 792. The minimum atomic E-state index is -0.246. The van der Waals surface area contributed by atoms with E-state index in [1.807, 2.05) is 27.7 Å². The van der Waals surface area contributed by atoms with Gasteiger partial charge in [0.15, 0.2) is 5.78 Å². The van der Waals surface area contributed by atoms with Gasteiger partial charge >= 0.3 is 5.97 Å². The summed E-state index contributed by atoms with van der Waals surface area (Å²) in [6.45, 7) is 14.3. The molecule has 1 aromatic rings. The normalized spacial score (nSPS) is 27.9. The van der Waals surface area contributed by atoms with Crippen LogP contribution in [0.15, 0.2) is 17.9 Å². The second-order valence-electron chi connectivity index (χ2n) is 9.09. The van der Waals surface area contributed by atoms with Crippen LogP contribution in [0, 0.1) is 50.4 Å². The molecule has 3 heteroatoms. The maximum atomic E-state index is 13.5. The van der Waals surface area contributed by atoms with Crippen LogP contribution < -0.4 is 0 Å². The number of hydrogen-bond donors (Lipinski definition) is 0. The molecule has 1 aromatic carbocycles. The molecule has 1 fully saturated rings. The van der Waals surface area contributed by atoms with Crippen molar-refractivity contribution in [2.24, 2.45) is 29.6 Å². The zero-order valence-electron chi connectivity index (χ0n) is 17.7. The first-order valence-corrected chi connectivity index (χ1v) is 10.2. The molecule has 0 N–H and O–H groups in total. The first-order valence-electron chi connectivity index (χ1n) is 10.2. The highest BCUT2D eigenvalue weighted by Gasteiger charge is 2.49. The minimum Gasteiger partial charge on any atom is -0.430 e. The summed E-state index contributed by atoms with van der Waals surface area (Å²) in [5.74, 6) is 1.35. The topological polar surface area (TPSA) is 43.4 Å². The van der Waals surface area contributed by atoms with E-state index in [0.717, 1.165) is 29.5 Å². The summed E-state index contributed by atoms with van der Waals surface area (Å²) in [6.07, 6.45) is 1.78. The Morgan fingerprint density at radius 3 is 2.04 bits per heavy atom. The van der Waals surface area contributed by atoms with Gasteiger partial charge in [-0.1, -0.05) is 45.4 Å². The van der Waals surface area contributed by atoms with Crippen molar-refractivity contribution in [3.8, 4) is 0 Å². The number of rotatable bonds is 3. The molecule has 1 saturated carbocycles. The summed E-state index contributed by atoms with van der Waals surface area (Å²) in [5.41, 5.74) is 4.96. The molecule has 0 radical (unpaired) electrons. The molecule has 0 amide bonds. The highest BCUT2D eigenvalue weighted by atomic mass is 16.5. The molecule has 0 saturated heterocycles. The summed E-state index contributed by atoms with van der Waals surface area (Å²) in [4.78, 5) is 26.0. The second kappa shape index (κ2) is 7.26. The number of allylic oxidation sites excluding steroid dienone is 2. The Hall–Kier alpha value is -1.90. The number of ether oxygens (including phenoxy) is 1. The first kappa shape index (κ1) is 19.9. The van der Waals surface area contributed by atoms with Gasteiger partial charge in [-0.15, -0.1) is 0 Å². The second-order valence-corrected chi connectivity index (χ2v) is 9.09. The highest BCUT2D eigenvalue weighted by molar-refractivity contribution is 6.25. The lowest BCUT2D eigenvalue weighted by Crippen LogP contribution is -2.31. The standard InChI is InChI=1S/C24H32O3/c1-12(2)24(26)27-23-19-11-15(5)14(4)10-18(19)22(25)21(23)20-16(6)8-13(3)9-17(20)7/h8-9,12,14-15,18-19H,10-11H2,1-7H3. The molecule has 0 bridgehead atoms. The Labute approximate surface area is 163 Å². The quantitative estimate of drug-likeness (QED) is 0.671. The Morgan fingerprint density at radius 2 is 1.52 bits per heavy atom. The van der Waals surface area contributed by atoms with Gasteiger partial charge in [-0.25, -0.2) is 0 Å². The summed E-state index contributed by atoms with van der Waals surface area (Å²) >= 11 is 0. The Balaban J connectivity index is 2.17. The number of fused-ring (bicyclic) bond motifs is 1. The van der Waals surface area contributed by atoms with Crippen LogP contribution in [0.5, 0.6) is 0 Å². The number of hydrogen-bond acceptors (Lipinski definition) is 3. The molecule has 3 rings (SSSR count). The van der Waals surface area contributed by atoms with E-state index in [9.17, 15) is 9.59 Å². The third kappa shape index (κ3) is 3.49. The van der Waals surface area contributed by atoms with Crippen LogP contribution in [0.25, 0.3) is 5.57 Å². The Kier molecular flexibility index (Phi) is 5.33. The smallest absolute Gasteiger partial charge is 0.313 e. The van der Waals surface area contributed by atoms with Gasteiger partial charge in [-0.3, -0.25) is 9.59 Å². The van der Waals surface area contributed by atoms with E-state index < -0.39 is 0 Å². The molecule has 2 aliphatic rings. The monoisotopic (exact) mass is 368 g/mol. The lowest BCUT2D eigenvalue weighted by atomic mass is 9.70. The van der Waals surface area contributed by atoms with E-state index in [1.54, 1.807) is 0 Å². The average molecular weight is 369 g/mol. The molecule has 0 aliphatic heterocycles. The van der Waals surface area contributed by atoms with Crippen LogP contribution >= 0.6 is 0 Å². The van der Waals surface area contributed by atoms with E-state index >= 15 is 0 Å².